The highest BCUT2D eigenvalue weighted by Gasteiger charge is 2.13. The third kappa shape index (κ3) is 4.90. The maximum atomic E-state index is 13.3. The molecule has 0 saturated carbocycles. The Morgan fingerprint density at radius 2 is 1.84 bits per heavy atom. The van der Waals surface area contributed by atoms with Gasteiger partial charge in [0.15, 0.2) is 5.16 Å². The van der Waals surface area contributed by atoms with Crippen molar-refractivity contribution in [3.05, 3.63) is 77.4 Å². The first-order chi connectivity index (χ1) is 12.3. The molecule has 0 radical (unpaired) electrons. The number of aromatic nitrogens is 3. The van der Waals surface area contributed by atoms with Gasteiger partial charge in [-0.25, -0.2) is 4.39 Å². The third-order valence-electron chi connectivity index (χ3n) is 3.77. The highest BCUT2D eigenvalue weighted by atomic mass is 32.2. The number of halogens is 1. The second-order valence-electron chi connectivity index (χ2n) is 5.62. The summed E-state index contributed by atoms with van der Waals surface area (Å²) >= 11 is 1.56. The third-order valence-corrected chi connectivity index (χ3v) is 4.81. The molecule has 3 rings (SSSR count). The van der Waals surface area contributed by atoms with Gasteiger partial charge in [0.05, 0.1) is 6.61 Å². The van der Waals surface area contributed by atoms with Crippen LogP contribution in [-0.4, -0.2) is 28.5 Å². The SMILES string of the molecule is COCCn1c(Cc2ccccc2)nnc1SCc1cccc(F)c1. The molecule has 0 atom stereocenters. The second kappa shape index (κ2) is 8.78. The summed E-state index contributed by atoms with van der Waals surface area (Å²) in [6.07, 6.45) is 0.720. The van der Waals surface area contributed by atoms with E-state index >= 15 is 0 Å². The molecule has 25 heavy (non-hydrogen) atoms. The quantitative estimate of drug-likeness (QED) is 0.573. The summed E-state index contributed by atoms with van der Waals surface area (Å²) in [5.74, 6) is 1.34. The smallest absolute Gasteiger partial charge is 0.191 e. The van der Waals surface area contributed by atoms with Crippen LogP contribution in [0.5, 0.6) is 0 Å². The molecular weight excluding hydrogens is 337 g/mol. The summed E-state index contributed by atoms with van der Waals surface area (Å²) in [5, 5.41) is 9.51. The van der Waals surface area contributed by atoms with Crippen molar-refractivity contribution in [1.82, 2.24) is 14.8 Å². The summed E-state index contributed by atoms with van der Waals surface area (Å²) in [6.45, 7) is 1.28. The first-order valence-electron chi connectivity index (χ1n) is 8.08. The number of ether oxygens (including phenoxy) is 1. The fourth-order valence-electron chi connectivity index (χ4n) is 2.52. The van der Waals surface area contributed by atoms with Gasteiger partial charge in [-0.2, -0.15) is 0 Å². The Balaban J connectivity index is 1.76. The van der Waals surface area contributed by atoms with E-state index < -0.39 is 0 Å². The van der Waals surface area contributed by atoms with Gasteiger partial charge in [0.25, 0.3) is 0 Å². The molecule has 1 heterocycles. The summed E-state index contributed by atoms with van der Waals surface area (Å²) in [7, 11) is 1.68. The van der Waals surface area contributed by atoms with E-state index in [-0.39, 0.29) is 5.82 Å². The van der Waals surface area contributed by atoms with E-state index in [1.165, 1.54) is 11.6 Å². The van der Waals surface area contributed by atoms with Crippen LogP contribution in [0.2, 0.25) is 0 Å². The fraction of sp³-hybridized carbons (Fsp3) is 0.263. The number of hydrogen-bond acceptors (Lipinski definition) is 4. The lowest BCUT2D eigenvalue weighted by Gasteiger charge is -2.10. The van der Waals surface area contributed by atoms with Gasteiger partial charge in [0.1, 0.15) is 11.6 Å². The van der Waals surface area contributed by atoms with E-state index in [9.17, 15) is 4.39 Å². The molecule has 0 aliphatic rings. The molecule has 0 fully saturated rings. The van der Waals surface area contributed by atoms with E-state index in [4.69, 9.17) is 4.74 Å². The molecule has 2 aromatic carbocycles. The zero-order valence-corrected chi connectivity index (χ0v) is 14.9. The van der Waals surface area contributed by atoms with Gasteiger partial charge in [-0.05, 0) is 23.3 Å². The molecule has 0 spiro atoms. The van der Waals surface area contributed by atoms with Crippen LogP contribution in [0, 0.1) is 5.82 Å². The molecule has 0 N–H and O–H groups in total. The van der Waals surface area contributed by atoms with Crippen molar-refractivity contribution in [2.75, 3.05) is 13.7 Å². The molecule has 0 amide bonds. The molecule has 4 nitrogen and oxygen atoms in total. The standard InChI is InChI=1S/C19H20FN3OS/c1-24-11-10-23-18(13-15-6-3-2-4-7-15)21-22-19(23)25-14-16-8-5-9-17(20)12-16/h2-9,12H,10-11,13-14H2,1H3. The van der Waals surface area contributed by atoms with E-state index in [0.29, 0.717) is 18.9 Å². The maximum absolute atomic E-state index is 13.3. The molecule has 6 heteroatoms. The molecule has 0 bridgehead atoms. The number of benzene rings is 2. The van der Waals surface area contributed by atoms with Crippen molar-refractivity contribution < 1.29 is 9.13 Å². The lowest BCUT2D eigenvalue weighted by Crippen LogP contribution is -2.10. The molecule has 0 aliphatic heterocycles. The molecule has 130 valence electrons. The number of hydrogen-bond donors (Lipinski definition) is 0. The van der Waals surface area contributed by atoms with Crippen LogP contribution in [0.4, 0.5) is 4.39 Å². The van der Waals surface area contributed by atoms with Crippen molar-refractivity contribution in [3.8, 4) is 0 Å². The van der Waals surface area contributed by atoms with Crippen LogP contribution in [0.25, 0.3) is 0 Å². The highest BCUT2D eigenvalue weighted by Crippen LogP contribution is 2.23. The fourth-order valence-corrected chi connectivity index (χ4v) is 3.44. The minimum absolute atomic E-state index is 0.219. The summed E-state index contributed by atoms with van der Waals surface area (Å²) in [6, 6.07) is 16.8. The normalized spacial score (nSPS) is 11.0. The number of thioether (sulfide) groups is 1. The lowest BCUT2D eigenvalue weighted by molar-refractivity contribution is 0.184. The topological polar surface area (TPSA) is 39.9 Å². The summed E-state index contributed by atoms with van der Waals surface area (Å²) in [4.78, 5) is 0. The molecule has 0 saturated heterocycles. The van der Waals surface area contributed by atoms with Crippen molar-refractivity contribution in [3.63, 3.8) is 0 Å². The van der Waals surface area contributed by atoms with Crippen molar-refractivity contribution in [2.45, 2.75) is 23.9 Å². The molecule has 1 aromatic heterocycles. The Morgan fingerprint density at radius 3 is 2.60 bits per heavy atom. The predicted octanol–water partition coefficient (Wildman–Crippen LogP) is 3.95. The lowest BCUT2D eigenvalue weighted by atomic mass is 10.1. The molecule has 0 unspecified atom stereocenters. The highest BCUT2D eigenvalue weighted by molar-refractivity contribution is 7.98. The Morgan fingerprint density at radius 1 is 1.04 bits per heavy atom. The first-order valence-corrected chi connectivity index (χ1v) is 9.07. The zero-order chi connectivity index (χ0) is 17.5. The average molecular weight is 357 g/mol. The molecule has 3 aromatic rings. The van der Waals surface area contributed by atoms with E-state index in [1.807, 2.05) is 24.3 Å². The van der Waals surface area contributed by atoms with Gasteiger partial charge in [0, 0.05) is 25.8 Å². The van der Waals surface area contributed by atoms with Crippen LogP contribution in [0.1, 0.15) is 17.0 Å². The van der Waals surface area contributed by atoms with Crippen LogP contribution in [0.15, 0.2) is 59.8 Å². The minimum Gasteiger partial charge on any atom is -0.383 e. The van der Waals surface area contributed by atoms with E-state index in [2.05, 4.69) is 26.9 Å². The predicted molar refractivity (Wildman–Crippen MR) is 97.1 cm³/mol. The average Bonchev–Trinajstić information content (AvgIpc) is 3.00. The van der Waals surface area contributed by atoms with Crippen LogP contribution < -0.4 is 0 Å². The minimum atomic E-state index is -0.219. The zero-order valence-electron chi connectivity index (χ0n) is 14.1. The van der Waals surface area contributed by atoms with Crippen molar-refractivity contribution in [1.29, 1.82) is 0 Å². The van der Waals surface area contributed by atoms with Crippen molar-refractivity contribution in [2.24, 2.45) is 0 Å². The Hall–Kier alpha value is -2.18. The van der Waals surface area contributed by atoms with Crippen molar-refractivity contribution >= 4 is 11.8 Å². The number of rotatable bonds is 8. The van der Waals surface area contributed by atoms with Gasteiger partial charge in [-0.15, -0.1) is 10.2 Å². The molecule has 0 aliphatic carbocycles. The molecular formula is C19H20FN3OS. The van der Waals surface area contributed by atoms with Gasteiger partial charge < -0.3 is 9.30 Å². The summed E-state index contributed by atoms with van der Waals surface area (Å²) in [5.41, 5.74) is 2.12. The number of nitrogens with zero attached hydrogens (tertiary/aromatic N) is 3. The first kappa shape index (κ1) is 17.6. The monoisotopic (exact) mass is 357 g/mol. The van der Waals surface area contributed by atoms with Crippen LogP contribution in [-0.2, 0) is 23.5 Å². The van der Waals surface area contributed by atoms with Crippen LogP contribution >= 0.6 is 11.8 Å². The maximum Gasteiger partial charge on any atom is 0.191 e. The van der Waals surface area contributed by atoms with E-state index in [0.717, 1.165) is 23.0 Å². The largest absolute Gasteiger partial charge is 0.383 e. The van der Waals surface area contributed by atoms with Gasteiger partial charge >= 0.3 is 0 Å². The second-order valence-corrected chi connectivity index (χ2v) is 6.57. The summed E-state index contributed by atoms with van der Waals surface area (Å²) < 4.78 is 20.6. The Labute approximate surface area is 151 Å². The Kier molecular flexibility index (Phi) is 6.19. The van der Waals surface area contributed by atoms with Gasteiger partial charge in [-0.1, -0.05) is 54.2 Å². The van der Waals surface area contributed by atoms with Gasteiger partial charge in [-0.3, -0.25) is 0 Å². The Bertz CT molecular complexity index is 807. The van der Waals surface area contributed by atoms with Crippen LogP contribution in [0.3, 0.4) is 0 Å². The number of methoxy groups -OCH3 is 1. The van der Waals surface area contributed by atoms with Gasteiger partial charge in [0.2, 0.25) is 0 Å². The van der Waals surface area contributed by atoms with E-state index in [1.54, 1.807) is 31.0 Å².